The molecule has 4 heteroatoms. The molecule has 0 spiro atoms. The van der Waals surface area contributed by atoms with Gasteiger partial charge in [0, 0.05) is 10.3 Å². The zero-order chi connectivity index (χ0) is 12.4. The van der Waals surface area contributed by atoms with Crippen molar-refractivity contribution in [1.82, 2.24) is 10.4 Å². The zero-order valence-electron chi connectivity index (χ0n) is 9.71. The number of hydrazine groups is 1. The van der Waals surface area contributed by atoms with Gasteiger partial charge in [0.1, 0.15) is 0 Å². The molecule has 1 unspecified atom stereocenters. The Bertz CT molecular complexity index is 649. The van der Waals surface area contributed by atoms with Crippen LogP contribution in [0.4, 0.5) is 0 Å². The lowest BCUT2D eigenvalue weighted by Crippen LogP contribution is -2.28. The Morgan fingerprint density at radius 3 is 2.72 bits per heavy atom. The molecule has 0 saturated heterocycles. The molecule has 2 heterocycles. The third kappa shape index (κ3) is 2.01. The number of hydrogen-bond donors (Lipinski definition) is 2. The van der Waals surface area contributed by atoms with Gasteiger partial charge in [-0.25, -0.2) is 5.43 Å². The Labute approximate surface area is 109 Å². The standard InChI is InChI=1S/C14H13N3S/c15-17-14(13-6-3-9-18-13)12-8-7-10-4-1-2-5-11(10)16-12/h1-9,14,17H,15H2. The molecule has 90 valence electrons. The van der Waals surface area contributed by atoms with Crippen LogP contribution < -0.4 is 11.3 Å². The predicted molar refractivity (Wildman–Crippen MR) is 75.2 cm³/mol. The normalized spacial score (nSPS) is 12.7. The fourth-order valence-electron chi connectivity index (χ4n) is 2.01. The third-order valence-corrected chi connectivity index (χ3v) is 3.85. The first-order valence-corrected chi connectivity index (χ1v) is 6.61. The van der Waals surface area contributed by atoms with Gasteiger partial charge in [0.05, 0.1) is 17.3 Å². The minimum atomic E-state index is -0.0467. The molecular weight excluding hydrogens is 242 g/mol. The van der Waals surface area contributed by atoms with E-state index in [1.54, 1.807) is 11.3 Å². The van der Waals surface area contributed by atoms with E-state index in [1.165, 1.54) is 4.88 Å². The van der Waals surface area contributed by atoms with Crippen LogP contribution in [0.25, 0.3) is 10.9 Å². The molecule has 0 radical (unpaired) electrons. The van der Waals surface area contributed by atoms with Crippen molar-refractivity contribution in [3.05, 3.63) is 64.5 Å². The van der Waals surface area contributed by atoms with Crippen molar-refractivity contribution in [3.8, 4) is 0 Å². The van der Waals surface area contributed by atoms with E-state index in [2.05, 4.69) is 28.6 Å². The van der Waals surface area contributed by atoms with Crippen molar-refractivity contribution in [2.75, 3.05) is 0 Å². The average molecular weight is 255 g/mol. The number of nitrogens with zero attached hydrogens (tertiary/aromatic N) is 1. The highest BCUT2D eigenvalue weighted by Gasteiger charge is 2.14. The Hall–Kier alpha value is -1.75. The van der Waals surface area contributed by atoms with E-state index in [1.807, 2.05) is 35.7 Å². The van der Waals surface area contributed by atoms with E-state index in [0.29, 0.717) is 0 Å². The molecule has 0 amide bonds. The van der Waals surface area contributed by atoms with Crippen LogP contribution in [-0.2, 0) is 0 Å². The molecular formula is C14H13N3S. The van der Waals surface area contributed by atoms with Gasteiger partial charge in [-0.3, -0.25) is 10.8 Å². The molecule has 0 bridgehead atoms. The summed E-state index contributed by atoms with van der Waals surface area (Å²) in [6, 6.07) is 16.2. The fraction of sp³-hybridized carbons (Fsp3) is 0.0714. The monoisotopic (exact) mass is 255 g/mol. The molecule has 0 fully saturated rings. The minimum Gasteiger partial charge on any atom is -0.270 e. The van der Waals surface area contributed by atoms with E-state index in [4.69, 9.17) is 5.84 Å². The van der Waals surface area contributed by atoms with Gasteiger partial charge >= 0.3 is 0 Å². The summed E-state index contributed by atoms with van der Waals surface area (Å²) in [5.41, 5.74) is 4.77. The Balaban J connectivity index is 2.07. The van der Waals surface area contributed by atoms with Crippen LogP contribution in [0.15, 0.2) is 53.9 Å². The van der Waals surface area contributed by atoms with Crippen LogP contribution >= 0.6 is 11.3 Å². The van der Waals surface area contributed by atoms with Crippen molar-refractivity contribution >= 4 is 22.2 Å². The second kappa shape index (κ2) is 4.86. The molecule has 3 rings (SSSR count). The number of nitrogens with one attached hydrogen (secondary N) is 1. The van der Waals surface area contributed by atoms with Crippen molar-refractivity contribution in [2.45, 2.75) is 6.04 Å². The van der Waals surface area contributed by atoms with Crippen LogP contribution in [0.3, 0.4) is 0 Å². The topological polar surface area (TPSA) is 50.9 Å². The molecule has 3 N–H and O–H groups in total. The predicted octanol–water partition coefficient (Wildman–Crippen LogP) is 2.85. The molecule has 3 aromatic rings. The molecule has 18 heavy (non-hydrogen) atoms. The maximum absolute atomic E-state index is 5.66. The summed E-state index contributed by atoms with van der Waals surface area (Å²) >= 11 is 1.67. The number of rotatable bonds is 3. The van der Waals surface area contributed by atoms with E-state index >= 15 is 0 Å². The molecule has 0 aliphatic rings. The molecule has 0 aliphatic heterocycles. The van der Waals surface area contributed by atoms with Crippen LogP contribution in [0.2, 0.25) is 0 Å². The molecule has 1 aromatic carbocycles. The summed E-state index contributed by atoms with van der Waals surface area (Å²) in [7, 11) is 0. The Morgan fingerprint density at radius 1 is 1.06 bits per heavy atom. The molecule has 3 nitrogen and oxygen atoms in total. The van der Waals surface area contributed by atoms with Gasteiger partial charge in [-0.05, 0) is 23.6 Å². The summed E-state index contributed by atoms with van der Waals surface area (Å²) in [6.45, 7) is 0. The number of hydrogen-bond acceptors (Lipinski definition) is 4. The maximum Gasteiger partial charge on any atom is 0.0973 e. The average Bonchev–Trinajstić information content (AvgIpc) is 2.93. The third-order valence-electron chi connectivity index (χ3n) is 2.91. The maximum atomic E-state index is 5.66. The number of para-hydroxylation sites is 1. The SMILES string of the molecule is NNC(c1ccc2ccccc2n1)c1cccs1. The number of benzene rings is 1. The van der Waals surface area contributed by atoms with Gasteiger partial charge in [-0.15, -0.1) is 11.3 Å². The fourth-order valence-corrected chi connectivity index (χ4v) is 2.81. The van der Waals surface area contributed by atoms with Gasteiger partial charge in [0.2, 0.25) is 0 Å². The van der Waals surface area contributed by atoms with E-state index in [-0.39, 0.29) is 6.04 Å². The first-order chi connectivity index (χ1) is 8.88. The highest BCUT2D eigenvalue weighted by molar-refractivity contribution is 7.10. The summed E-state index contributed by atoms with van der Waals surface area (Å²) in [5, 5.41) is 3.18. The van der Waals surface area contributed by atoms with Crippen molar-refractivity contribution < 1.29 is 0 Å². The summed E-state index contributed by atoms with van der Waals surface area (Å²) in [6.07, 6.45) is 0. The van der Waals surface area contributed by atoms with Crippen LogP contribution in [0.1, 0.15) is 16.6 Å². The van der Waals surface area contributed by atoms with E-state index in [0.717, 1.165) is 16.6 Å². The van der Waals surface area contributed by atoms with Gasteiger partial charge in [0.15, 0.2) is 0 Å². The number of nitrogens with two attached hydrogens (primary N) is 1. The van der Waals surface area contributed by atoms with Crippen molar-refractivity contribution in [1.29, 1.82) is 0 Å². The first kappa shape index (κ1) is 11.3. The van der Waals surface area contributed by atoms with Gasteiger partial charge < -0.3 is 0 Å². The van der Waals surface area contributed by atoms with Gasteiger partial charge in [-0.2, -0.15) is 0 Å². The molecule has 2 aromatic heterocycles. The highest BCUT2D eigenvalue weighted by Crippen LogP contribution is 2.25. The Kier molecular flexibility index (Phi) is 3.06. The smallest absolute Gasteiger partial charge is 0.0973 e. The van der Waals surface area contributed by atoms with Crippen molar-refractivity contribution in [2.24, 2.45) is 5.84 Å². The number of thiophene rings is 1. The van der Waals surface area contributed by atoms with Crippen molar-refractivity contribution in [3.63, 3.8) is 0 Å². The minimum absolute atomic E-state index is 0.0467. The molecule has 0 saturated carbocycles. The highest BCUT2D eigenvalue weighted by atomic mass is 32.1. The van der Waals surface area contributed by atoms with Crippen LogP contribution in [0.5, 0.6) is 0 Å². The van der Waals surface area contributed by atoms with E-state index in [9.17, 15) is 0 Å². The number of pyridine rings is 1. The Morgan fingerprint density at radius 2 is 1.94 bits per heavy atom. The molecule has 0 aliphatic carbocycles. The lowest BCUT2D eigenvalue weighted by molar-refractivity contribution is 0.632. The lowest BCUT2D eigenvalue weighted by Gasteiger charge is -2.14. The zero-order valence-corrected chi connectivity index (χ0v) is 10.5. The summed E-state index contributed by atoms with van der Waals surface area (Å²) < 4.78 is 0. The number of aromatic nitrogens is 1. The van der Waals surface area contributed by atoms with Gasteiger partial charge in [-0.1, -0.05) is 30.3 Å². The lowest BCUT2D eigenvalue weighted by atomic mass is 10.1. The number of fused-ring (bicyclic) bond motifs is 1. The van der Waals surface area contributed by atoms with Gasteiger partial charge in [0.25, 0.3) is 0 Å². The second-order valence-corrected chi connectivity index (χ2v) is 5.02. The van der Waals surface area contributed by atoms with Crippen LogP contribution in [0, 0.1) is 0 Å². The quantitative estimate of drug-likeness (QED) is 0.559. The first-order valence-electron chi connectivity index (χ1n) is 5.74. The molecule has 1 atom stereocenters. The summed E-state index contributed by atoms with van der Waals surface area (Å²) in [5.74, 6) is 5.66. The van der Waals surface area contributed by atoms with E-state index < -0.39 is 0 Å². The van der Waals surface area contributed by atoms with Crippen LogP contribution in [-0.4, -0.2) is 4.98 Å². The summed E-state index contributed by atoms with van der Waals surface area (Å²) in [4.78, 5) is 5.83. The second-order valence-electron chi connectivity index (χ2n) is 4.04. The largest absolute Gasteiger partial charge is 0.270 e.